The van der Waals surface area contributed by atoms with Crippen LogP contribution >= 0.6 is 0 Å². The number of likely N-dealkylation sites (N-methyl/N-ethyl adjacent to an activating group) is 1. The number of nitrogens with one attached hydrogen (secondary N) is 1. The Labute approximate surface area is 100.0 Å². The number of carbonyl (C=O) groups is 1. The maximum Gasteiger partial charge on any atom is 0.267 e. The molecule has 6 nitrogen and oxygen atoms in total. The number of nitrogens with zero attached hydrogens (tertiary/aromatic N) is 2. The minimum absolute atomic E-state index is 0.230. The number of anilines is 2. The first-order chi connectivity index (χ1) is 8.06. The number of aromatic nitrogens is 1. The van der Waals surface area contributed by atoms with Gasteiger partial charge in [-0.1, -0.05) is 0 Å². The zero-order valence-corrected chi connectivity index (χ0v) is 9.81. The Kier molecular flexibility index (Phi) is 3.14. The summed E-state index contributed by atoms with van der Waals surface area (Å²) in [5.74, 6) is -0.00168. The Morgan fingerprint density at radius 1 is 1.59 bits per heavy atom. The van der Waals surface area contributed by atoms with Gasteiger partial charge in [-0.25, -0.2) is 4.98 Å². The van der Waals surface area contributed by atoms with Gasteiger partial charge in [-0.2, -0.15) is 0 Å². The average molecular weight is 235 g/mol. The molecule has 2 rings (SSSR count). The lowest BCUT2D eigenvalue weighted by Gasteiger charge is -2.15. The highest BCUT2D eigenvalue weighted by atomic mass is 16.1. The number of nitrogens with two attached hydrogens (primary N) is 2. The molecule has 0 spiro atoms. The maximum atomic E-state index is 11.0. The van der Waals surface area contributed by atoms with E-state index in [9.17, 15) is 4.79 Å². The molecule has 92 valence electrons. The highest BCUT2D eigenvalue weighted by Crippen LogP contribution is 2.19. The zero-order valence-electron chi connectivity index (χ0n) is 9.81. The van der Waals surface area contributed by atoms with E-state index in [1.807, 2.05) is 0 Å². The highest BCUT2D eigenvalue weighted by Gasteiger charge is 2.20. The fourth-order valence-electron chi connectivity index (χ4n) is 1.97. The molecule has 0 saturated carbocycles. The third-order valence-corrected chi connectivity index (χ3v) is 2.91. The second-order valence-corrected chi connectivity index (χ2v) is 4.39. The van der Waals surface area contributed by atoms with Gasteiger partial charge in [0, 0.05) is 12.6 Å². The standard InChI is InChI=1S/C11H17N5O/c1-16-5-4-7(6-16)14-11-8(12)2-3-9(15-11)10(13)17/h2-3,7H,4-6,12H2,1H3,(H2,13,17)(H,14,15). The van der Waals surface area contributed by atoms with E-state index < -0.39 is 5.91 Å². The molecule has 17 heavy (non-hydrogen) atoms. The van der Waals surface area contributed by atoms with E-state index in [0.29, 0.717) is 17.5 Å². The van der Waals surface area contributed by atoms with Gasteiger partial charge in [-0.3, -0.25) is 4.79 Å². The largest absolute Gasteiger partial charge is 0.396 e. The lowest BCUT2D eigenvalue weighted by Crippen LogP contribution is -2.25. The van der Waals surface area contributed by atoms with Gasteiger partial charge in [0.15, 0.2) is 0 Å². The molecule has 1 fully saturated rings. The van der Waals surface area contributed by atoms with Crippen molar-refractivity contribution in [3.05, 3.63) is 17.8 Å². The van der Waals surface area contributed by atoms with Crippen LogP contribution in [0.4, 0.5) is 11.5 Å². The van der Waals surface area contributed by atoms with Gasteiger partial charge in [0.2, 0.25) is 0 Å². The van der Waals surface area contributed by atoms with Gasteiger partial charge in [0.1, 0.15) is 11.5 Å². The molecule has 6 heteroatoms. The summed E-state index contributed by atoms with van der Waals surface area (Å²) in [6.45, 7) is 2.00. The Hall–Kier alpha value is -1.82. The molecule has 1 amide bonds. The molecule has 0 bridgehead atoms. The fraction of sp³-hybridized carbons (Fsp3) is 0.455. The Bertz CT molecular complexity index is 434. The van der Waals surface area contributed by atoms with Crippen molar-refractivity contribution < 1.29 is 4.79 Å². The molecule has 1 unspecified atom stereocenters. The van der Waals surface area contributed by atoms with E-state index in [0.717, 1.165) is 19.5 Å². The number of primary amides is 1. The van der Waals surface area contributed by atoms with Crippen LogP contribution in [0.2, 0.25) is 0 Å². The van der Waals surface area contributed by atoms with E-state index in [4.69, 9.17) is 11.5 Å². The monoisotopic (exact) mass is 235 g/mol. The Morgan fingerprint density at radius 2 is 2.35 bits per heavy atom. The first kappa shape index (κ1) is 11.7. The predicted octanol–water partition coefficient (Wildman–Crippen LogP) is -0.121. The number of rotatable bonds is 3. The predicted molar refractivity (Wildman–Crippen MR) is 66.7 cm³/mol. The number of likely N-dealkylation sites (tertiary alicyclic amines) is 1. The van der Waals surface area contributed by atoms with E-state index in [2.05, 4.69) is 22.2 Å². The van der Waals surface area contributed by atoms with E-state index in [1.165, 1.54) is 6.07 Å². The molecule has 0 aliphatic carbocycles. The van der Waals surface area contributed by atoms with Crippen molar-refractivity contribution in [1.29, 1.82) is 0 Å². The van der Waals surface area contributed by atoms with Crippen LogP contribution in [-0.4, -0.2) is 42.0 Å². The van der Waals surface area contributed by atoms with Gasteiger partial charge in [-0.05, 0) is 32.1 Å². The topological polar surface area (TPSA) is 97.3 Å². The van der Waals surface area contributed by atoms with Crippen molar-refractivity contribution in [3.8, 4) is 0 Å². The minimum Gasteiger partial charge on any atom is -0.396 e. The average Bonchev–Trinajstić information content (AvgIpc) is 2.67. The number of nitrogen functional groups attached to an aromatic ring is 1. The van der Waals surface area contributed by atoms with Crippen molar-refractivity contribution in [2.24, 2.45) is 5.73 Å². The van der Waals surface area contributed by atoms with Crippen LogP contribution in [0.15, 0.2) is 12.1 Å². The number of hydrogen-bond acceptors (Lipinski definition) is 5. The van der Waals surface area contributed by atoms with Crippen molar-refractivity contribution in [2.75, 3.05) is 31.2 Å². The molecule has 0 aromatic carbocycles. The van der Waals surface area contributed by atoms with E-state index in [-0.39, 0.29) is 5.69 Å². The quantitative estimate of drug-likeness (QED) is 0.678. The molecular weight excluding hydrogens is 218 g/mol. The molecular formula is C11H17N5O. The van der Waals surface area contributed by atoms with Crippen LogP contribution in [0.1, 0.15) is 16.9 Å². The molecule has 1 aliphatic heterocycles. The Balaban J connectivity index is 2.14. The molecule has 5 N–H and O–H groups in total. The summed E-state index contributed by atoms with van der Waals surface area (Å²) in [7, 11) is 2.07. The van der Waals surface area contributed by atoms with Crippen LogP contribution < -0.4 is 16.8 Å². The van der Waals surface area contributed by atoms with Crippen LogP contribution in [0.5, 0.6) is 0 Å². The summed E-state index contributed by atoms with van der Waals surface area (Å²) in [5.41, 5.74) is 11.8. The van der Waals surface area contributed by atoms with E-state index >= 15 is 0 Å². The number of pyridine rings is 1. The van der Waals surface area contributed by atoms with Gasteiger partial charge in [-0.15, -0.1) is 0 Å². The lowest BCUT2D eigenvalue weighted by molar-refractivity contribution is 0.0995. The van der Waals surface area contributed by atoms with Crippen LogP contribution in [0.25, 0.3) is 0 Å². The summed E-state index contributed by atoms with van der Waals surface area (Å²) in [6, 6.07) is 3.50. The minimum atomic E-state index is -0.545. The third-order valence-electron chi connectivity index (χ3n) is 2.91. The number of hydrogen-bond donors (Lipinski definition) is 3. The zero-order chi connectivity index (χ0) is 12.4. The molecule has 1 aliphatic rings. The second kappa shape index (κ2) is 4.58. The maximum absolute atomic E-state index is 11.0. The van der Waals surface area contributed by atoms with E-state index in [1.54, 1.807) is 6.07 Å². The molecule has 1 aromatic rings. The number of carbonyl (C=O) groups excluding carboxylic acids is 1. The van der Waals surface area contributed by atoms with Crippen molar-refractivity contribution in [1.82, 2.24) is 9.88 Å². The van der Waals surface area contributed by atoms with Crippen molar-refractivity contribution in [2.45, 2.75) is 12.5 Å². The highest BCUT2D eigenvalue weighted by molar-refractivity contribution is 5.91. The molecule has 0 radical (unpaired) electrons. The summed E-state index contributed by atoms with van der Waals surface area (Å²) in [4.78, 5) is 17.4. The second-order valence-electron chi connectivity index (χ2n) is 4.39. The smallest absolute Gasteiger partial charge is 0.267 e. The van der Waals surface area contributed by atoms with Crippen LogP contribution in [0.3, 0.4) is 0 Å². The van der Waals surface area contributed by atoms with Crippen LogP contribution in [0, 0.1) is 0 Å². The molecule has 1 aromatic heterocycles. The molecule has 1 atom stereocenters. The number of amides is 1. The normalized spacial score (nSPS) is 20.4. The Morgan fingerprint density at radius 3 is 2.94 bits per heavy atom. The first-order valence-corrected chi connectivity index (χ1v) is 5.57. The van der Waals surface area contributed by atoms with Crippen molar-refractivity contribution >= 4 is 17.4 Å². The SMILES string of the molecule is CN1CCC(Nc2nc(C(N)=O)ccc2N)C1. The third kappa shape index (κ3) is 2.65. The summed E-state index contributed by atoms with van der Waals surface area (Å²) >= 11 is 0. The summed E-state index contributed by atoms with van der Waals surface area (Å²) in [5, 5.41) is 3.25. The molecule has 1 saturated heterocycles. The lowest BCUT2D eigenvalue weighted by atomic mass is 10.2. The van der Waals surface area contributed by atoms with Crippen molar-refractivity contribution in [3.63, 3.8) is 0 Å². The summed E-state index contributed by atoms with van der Waals surface area (Å²) in [6.07, 6.45) is 1.04. The molecule has 2 heterocycles. The van der Waals surface area contributed by atoms with Gasteiger partial charge in [0.05, 0.1) is 5.69 Å². The first-order valence-electron chi connectivity index (χ1n) is 5.57. The fourth-order valence-corrected chi connectivity index (χ4v) is 1.97. The van der Waals surface area contributed by atoms with Gasteiger partial charge in [0.25, 0.3) is 5.91 Å². The summed E-state index contributed by atoms with van der Waals surface area (Å²) < 4.78 is 0. The van der Waals surface area contributed by atoms with Gasteiger partial charge < -0.3 is 21.7 Å². The van der Waals surface area contributed by atoms with Crippen LogP contribution in [-0.2, 0) is 0 Å². The van der Waals surface area contributed by atoms with Gasteiger partial charge >= 0.3 is 0 Å².